The van der Waals surface area contributed by atoms with Crippen LogP contribution in [0.25, 0.3) is 0 Å². The van der Waals surface area contributed by atoms with Crippen LogP contribution in [0.2, 0.25) is 0 Å². The lowest BCUT2D eigenvalue weighted by molar-refractivity contribution is -0.135. The van der Waals surface area contributed by atoms with Crippen LogP contribution in [0.5, 0.6) is 0 Å². The summed E-state index contributed by atoms with van der Waals surface area (Å²) < 4.78 is 1.79. The van der Waals surface area contributed by atoms with Crippen LogP contribution in [-0.2, 0) is 11.3 Å². The molecule has 6 heteroatoms. The average molecular weight is 352 g/mol. The summed E-state index contributed by atoms with van der Waals surface area (Å²) in [5.41, 5.74) is 0.727. The van der Waals surface area contributed by atoms with Crippen molar-refractivity contribution in [3.05, 3.63) is 54.4 Å². The Hall–Kier alpha value is -2.63. The van der Waals surface area contributed by atoms with Gasteiger partial charge in [0.2, 0.25) is 5.91 Å². The van der Waals surface area contributed by atoms with Crippen molar-refractivity contribution < 1.29 is 9.59 Å². The van der Waals surface area contributed by atoms with Gasteiger partial charge in [0.25, 0.3) is 5.91 Å². The number of carbonyl (C=O) groups is 2. The second kappa shape index (κ2) is 7.32. The molecule has 0 N–H and O–H groups in total. The zero-order valence-corrected chi connectivity index (χ0v) is 14.8. The molecular formula is C20H24N4O2. The Bertz CT molecular complexity index is 759. The fourth-order valence-corrected chi connectivity index (χ4v) is 4.10. The highest BCUT2D eigenvalue weighted by Crippen LogP contribution is 2.29. The van der Waals surface area contributed by atoms with E-state index in [0.717, 1.165) is 31.5 Å². The number of hydrogen-bond donors (Lipinski definition) is 0. The lowest BCUT2D eigenvalue weighted by Gasteiger charge is -2.36. The molecule has 0 aliphatic carbocycles. The lowest BCUT2D eigenvalue weighted by Crippen LogP contribution is -2.47. The number of fused-ring (bicyclic) bond motifs is 4. The third-order valence-electron chi connectivity index (χ3n) is 5.46. The first kappa shape index (κ1) is 16.8. The molecule has 0 radical (unpaired) electrons. The van der Waals surface area contributed by atoms with Gasteiger partial charge in [0.05, 0.1) is 0 Å². The van der Waals surface area contributed by atoms with Gasteiger partial charge in [0.15, 0.2) is 0 Å². The molecule has 26 heavy (non-hydrogen) atoms. The number of aryl methyl sites for hydroxylation is 1. The molecule has 3 aliphatic heterocycles. The van der Waals surface area contributed by atoms with Crippen LogP contribution in [0, 0.1) is 5.92 Å². The molecule has 2 aromatic rings. The summed E-state index contributed by atoms with van der Waals surface area (Å²) >= 11 is 0. The van der Waals surface area contributed by atoms with E-state index in [9.17, 15) is 9.59 Å². The van der Waals surface area contributed by atoms with Crippen LogP contribution >= 0.6 is 0 Å². The molecule has 0 spiro atoms. The smallest absolute Gasteiger partial charge is 0.253 e. The van der Waals surface area contributed by atoms with Gasteiger partial charge in [-0.3, -0.25) is 14.3 Å². The van der Waals surface area contributed by atoms with Crippen molar-refractivity contribution in [2.24, 2.45) is 5.92 Å². The maximum Gasteiger partial charge on any atom is 0.253 e. The zero-order valence-electron chi connectivity index (χ0n) is 14.8. The Labute approximate surface area is 153 Å². The van der Waals surface area contributed by atoms with Gasteiger partial charge in [-0.15, -0.1) is 0 Å². The van der Waals surface area contributed by atoms with Crippen LogP contribution in [-0.4, -0.2) is 57.1 Å². The molecule has 5 rings (SSSR count). The monoisotopic (exact) mass is 352 g/mol. The third kappa shape index (κ3) is 3.49. The van der Waals surface area contributed by atoms with Gasteiger partial charge < -0.3 is 9.80 Å². The molecule has 0 unspecified atom stereocenters. The number of piperidine rings is 1. The summed E-state index contributed by atoms with van der Waals surface area (Å²) in [7, 11) is 0. The Morgan fingerprint density at radius 1 is 1.04 bits per heavy atom. The summed E-state index contributed by atoms with van der Waals surface area (Å²) in [4.78, 5) is 29.6. The van der Waals surface area contributed by atoms with Crippen LogP contribution in [0.4, 0.5) is 0 Å². The maximum atomic E-state index is 12.8. The predicted molar refractivity (Wildman–Crippen MR) is 97.4 cm³/mol. The van der Waals surface area contributed by atoms with E-state index >= 15 is 0 Å². The second-order valence-electron chi connectivity index (χ2n) is 7.24. The SMILES string of the molecule is O=C(c1ccccc1)N1C[C@@H]2CC[C@H](C1)N(C(=O)CCn1cccn1)C2. The molecule has 136 valence electrons. The number of aromatic nitrogens is 2. The van der Waals surface area contributed by atoms with Crippen molar-refractivity contribution in [2.45, 2.75) is 31.8 Å². The molecule has 0 saturated carbocycles. The predicted octanol–water partition coefficient (Wildman–Crippen LogP) is 2.04. The van der Waals surface area contributed by atoms with Crippen LogP contribution in [0.3, 0.4) is 0 Å². The number of rotatable bonds is 4. The highest BCUT2D eigenvalue weighted by Gasteiger charge is 2.38. The van der Waals surface area contributed by atoms with Crippen molar-refractivity contribution in [2.75, 3.05) is 19.6 Å². The molecule has 2 bridgehead atoms. The molecule has 2 atom stereocenters. The van der Waals surface area contributed by atoms with E-state index in [1.54, 1.807) is 10.9 Å². The highest BCUT2D eigenvalue weighted by atomic mass is 16.2. The summed E-state index contributed by atoms with van der Waals surface area (Å²) in [6.45, 7) is 2.75. The van der Waals surface area contributed by atoms with E-state index in [4.69, 9.17) is 0 Å². The minimum absolute atomic E-state index is 0.0772. The standard InChI is InChI=1S/C20H24N4O2/c25-19(9-12-23-11-4-10-21-23)24-14-16-7-8-18(24)15-22(13-16)20(26)17-5-2-1-3-6-17/h1-6,10-11,16,18H,7-9,12-15H2/t16-,18+/m0/s1. The molecule has 1 aromatic heterocycles. The fourth-order valence-electron chi connectivity index (χ4n) is 4.10. The number of benzene rings is 1. The van der Waals surface area contributed by atoms with E-state index in [1.807, 2.05) is 52.4 Å². The summed E-state index contributed by atoms with van der Waals surface area (Å²) in [5, 5.41) is 4.16. The average Bonchev–Trinajstić information content (AvgIpc) is 3.04. The first-order valence-corrected chi connectivity index (χ1v) is 9.32. The van der Waals surface area contributed by atoms with Gasteiger partial charge in [-0.1, -0.05) is 18.2 Å². The highest BCUT2D eigenvalue weighted by molar-refractivity contribution is 5.94. The minimum Gasteiger partial charge on any atom is -0.338 e. The third-order valence-corrected chi connectivity index (χ3v) is 5.46. The first-order valence-electron chi connectivity index (χ1n) is 9.32. The van der Waals surface area contributed by atoms with E-state index in [1.165, 1.54) is 0 Å². The van der Waals surface area contributed by atoms with Crippen molar-refractivity contribution in [3.8, 4) is 0 Å². The van der Waals surface area contributed by atoms with Gasteiger partial charge in [0.1, 0.15) is 0 Å². The van der Waals surface area contributed by atoms with E-state index in [2.05, 4.69) is 5.10 Å². The van der Waals surface area contributed by atoms with Crippen molar-refractivity contribution in [1.82, 2.24) is 19.6 Å². The van der Waals surface area contributed by atoms with Gasteiger partial charge in [-0.2, -0.15) is 5.10 Å². The maximum absolute atomic E-state index is 12.8. The van der Waals surface area contributed by atoms with E-state index in [0.29, 0.717) is 25.4 Å². The van der Waals surface area contributed by atoms with Crippen molar-refractivity contribution >= 4 is 11.8 Å². The Balaban J connectivity index is 1.43. The molecule has 3 fully saturated rings. The minimum atomic E-state index is 0.0772. The quantitative estimate of drug-likeness (QED) is 0.846. The number of amides is 2. The lowest BCUT2D eigenvalue weighted by atomic mass is 9.94. The second-order valence-corrected chi connectivity index (χ2v) is 7.24. The fraction of sp³-hybridized carbons (Fsp3) is 0.450. The number of carbonyl (C=O) groups excluding carboxylic acids is 2. The molecule has 4 heterocycles. The van der Waals surface area contributed by atoms with Crippen molar-refractivity contribution in [3.63, 3.8) is 0 Å². The molecule has 3 aliphatic rings. The van der Waals surface area contributed by atoms with Crippen molar-refractivity contribution in [1.29, 1.82) is 0 Å². The molecule has 1 aromatic carbocycles. The Morgan fingerprint density at radius 2 is 1.88 bits per heavy atom. The molecule has 3 saturated heterocycles. The molecule has 2 amide bonds. The molecule has 6 nitrogen and oxygen atoms in total. The zero-order chi connectivity index (χ0) is 17.9. The number of hydrogen-bond acceptors (Lipinski definition) is 3. The van der Waals surface area contributed by atoms with E-state index in [-0.39, 0.29) is 17.9 Å². The summed E-state index contributed by atoms with van der Waals surface area (Å²) in [5.74, 6) is 0.618. The van der Waals surface area contributed by atoms with Gasteiger partial charge in [-0.05, 0) is 37.0 Å². The van der Waals surface area contributed by atoms with Crippen LogP contribution in [0.15, 0.2) is 48.8 Å². The van der Waals surface area contributed by atoms with E-state index < -0.39 is 0 Å². The normalized spacial score (nSPS) is 22.3. The molecular weight excluding hydrogens is 328 g/mol. The van der Waals surface area contributed by atoms with Gasteiger partial charge in [0, 0.05) is 56.6 Å². The Morgan fingerprint density at radius 3 is 2.65 bits per heavy atom. The Kier molecular flexibility index (Phi) is 4.73. The number of nitrogens with zero attached hydrogens (tertiary/aromatic N) is 4. The summed E-state index contributed by atoms with van der Waals surface area (Å²) in [6, 6.07) is 11.4. The van der Waals surface area contributed by atoms with Gasteiger partial charge in [-0.25, -0.2) is 0 Å². The first-order chi connectivity index (χ1) is 12.7. The van der Waals surface area contributed by atoms with Gasteiger partial charge >= 0.3 is 0 Å². The summed E-state index contributed by atoms with van der Waals surface area (Å²) in [6.07, 6.45) is 6.13. The largest absolute Gasteiger partial charge is 0.338 e. The van der Waals surface area contributed by atoms with Crippen LogP contribution in [0.1, 0.15) is 29.6 Å². The topological polar surface area (TPSA) is 58.4 Å². The van der Waals surface area contributed by atoms with Crippen LogP contribution < -0.4 is 0 Å².